The molecule has 1 amide bonds. The largest absolute Gasteiger partial charge is 0.480 e. The Balaban J connectivity index is 4.31. The number of nitrogens with one attached hydrogen (secondary N) is 1. The molecular formula is C8H13NO5. The molecule has 0 radical (unpaired) electrons. The topological polar surface area (TPSA) is 104 Å². The van der Waals surface area contributed by atoms with E-state index in [9.17, 15) is 14.4 Å². The van der Waals surface area contributed by atoms with E-state index < -0.39 is 23.9 Å². The van der Waals surface area contributed by atoms with Crippen LogP contribution in [0, 0.1) is 5.92 Å². The minimum atomic E-state index is -1.68. The second-order valence-corrected chi connectivity index (χ2v) is 3.30. The van der Waals surface area contributed by atoms with Gasteiger partial charge in [0.2, 0.25) is 0 Å². The van der Waals surface area contributed by atoms with E-state index in [0.717, 1.165) is 0 Å². The monoisotopic (exact) mass is 203 g/mol. The van der Waals surface area contributed by atoms with Crippen molar-refractivity contribution in [3.05, 3.63) is 0 Å². The van der Waals surface area contributed by atoms with Crippen LogP contribution < -0.4 is 5.32 Å². The van der Waals surface area contributed by atoms with Gasteiger partial charge in [0.1, 0.15) is 6.04 Å². The van der Waals surface area contributed by atoms with Crippen LogP contribution in [-0.4, -0.2) is 34.1 Å². The Bertz CT molecular complexity index is 248. The number of hydrogen-bond acceptors (Lipinski definition) is 3. The molecule has 0 spiro atoms. The lowest BCUT2D eigenvalue weighted by molar-refractivity contribution is -0.152. The summed E-state index contributed by atoms with van der Waals surface area (Å²) in [4.78, 5) is 31.4. The van der Waals surface area contributed by atoms with Crippen molar-refractivity contribution in [2.75, 3.05) is 0 Å². The highest BCUT2D eigenvalue weighted by molar-refractivity contribution is 6.31. The summed E-state index contributed by atoms with van der Waals surface area (Å²) in [7, 11) is 0. The highest BCUT2D eigenvalue weighted by atomic mass is 16.4. The van der Waals surface area contributed by atoms with Crippen molar-refractivity contribution < 1.29 is 24.6 Å². The average molecular weight is 203 g/mol. The third-order valence-corrected chi connectivity index (χ3v) is 1.50. The van der Waals surface area contributed by atoms with E-state index in [1.807, 2.05) is 5.32 Å². The van der Waals surface area contributed by atoms with Crippen molar-refractivity contribution in [3.63, 3.8) is 0 Å². The first-order chi connectivity index (χ1) is 6.34. The Labute approximate surface area is 80.9 Å². The van der Waals surface area contributed by atoms with Gasteiger partial charge >= 0.3 is 17.8 Å². The molecule has 0 aliphatic rings. The summed E-state index contributed by atoms with van der Waals surface area (Å²) in [5.74, 6) is -4.14. The lowest BCUT2D eigenvalue weighted by Crippen LogP contribution is -2.44. The number of carboxylic acid groups (broad SMARTS) is 2. The van der Waals surface area contributed by atoms with Crippen LogP contribution in [0.4, 0.5) is 0 Å². The molecule has 3 N–H and O–H groups in total. The van der Waals surface area contributed by atoms with Crippen molar-refractivity contribution in [3.8, 4) is 0 Å². The van der Waals surface area contributed by atoms with Crippen LogP contribution in [-0.2, 0) is 14.4 Å². The Hall–Kier alpha value is -1.59. The van der Waals surface area contributed by atoms with E-state index in [1.165, 1.54) is 0 Å². The van der Waals surface area contributed by atoms with E-state index in [4.69, 9.17) is 10.2 Å². The molecule has 0 rings (SSSR count). The summed E-state index contributed by atoms with van der Waals surface area (Å²) >= 11 is 0. The zero-order valence-electron chi connectivity index (χ0n) is 7.98. The molecule has 80 valence electrons. The first-order valence-corrected chi connectivity index (χ1v) is 4.11. The molecule has 0 aromatic rings. The number of rotatable bonds is 4. The van der Waals surface area contributed by atoms with E-state index in [2.05, 4.69) is 0 Å². The summed E-state index contributed by atoms with van der Waals surface area (Å²) in [6.45, 7) is 3.56. The molecule has 0 saturated carbocycles. The second kappa shape index (κ2) is 5.21. The standard InChI is InChI=1S/C8H13NO5/c1-4(2)3-5(7(11)12)9-6(10)8(13)14/h4-5H,3H2,1-2H3,(H,9,10)(H,11,12)(H,13,14)/t5-/m0/s1. The molecule has 0 aliphatic heterocycles. The van der Waals surface area contributed by atoms with E-state index >= 15 is 0 Å². The van der Waals surface area contributed by atoms with Gasteiger partial charge in [-0.05, 0) is 12.3 Å². The molecular weight excluding hydrogens is 190 g/mol. The van der Waals surface area contributed by atoms with Gasteiger partial charge in [0.25, 0.3) is 0 Å². The maximum Gasteiger partial charge on any atom is 0.394 e. The summed E-state index contributed by atoms with van der Waals surface area (Å²) in [6.07, 6.45) is 0.203. The summed E-state index contributed by atoms with van der Waals surface area (Å²) in [5.41, 5.74) is 0. The maximum absolute atomic E-state index is 10.7. The molecule has 1 atom stereocenters. The van der Waals surface area contributed by atoms with E-state index in [1.54, 1.807) is 13.8 Å². The number of carbonyl (C=O) groups excluding carboxylic acids is 1. The van der Waals surface area contributed by atoms with Crippen molar-refractivity contribution in [1.82, 2.24) is 5.32 Å². The molecule has 14 heavy (non-hydrogen) atoms. The Kier molecular flexibility index (Phi) is 4.62. The minimum Gasteiger partial charge on any atom is -0.480 e. The van der Waals surface area contributed by atoms with Gasteiger partial charge in [-0.15, -0.1) is 0 Å². The first kappa shape index (κ1) is 12.4. The Morgan fingerprint density at radius 1 is 1.21 bits per heavy atom. The highest BCUT2D eigenvalue weighted by Gasteiger charge is 2.23. The van der Waals surface area contributed by atoms with Crippen molar-refractivity contribution in [2.45, 2.75) is 26.3 Å². The first-order valence-electron chi connectivity index (χ1n) is 4.11. The van der Waals surface area contributed by atoms with E-state index in [0.29, 0.717) is 0 Å². The number of carbonyl (C=O) groups is 3. The predicted octanol–water partition coefficient (Wildman–Crippen LogP) is -0.313. The minimum absolute atomic E-state index is 0.0604. The second-order valence-electron chi connectivity index (χ2n) is 3.30. The number of aliphatic carboxylic acids is 2. The number of hydrogen-bond donors (Lipinski definition) is 3. The van der Waals surface area contributed by atoms with Crippen molar-refractivity contribution >= 4 is 17.8 Å². The molecule has 0 fully saturated rings. The molecule has 0 aromatic carbocycles. The van der Waals surface area contributed by atoms with Gasteiger partial charge in [-0.3, -0.25) is 4.79 Å². The zero-order chi connectivity index (χ0) is 11.3. The summed E-state index contributed by atoms with van der Waals surface area (Å²) < 4.78 is 0. The Morgan fingerprint density at radius 3 is 2.00 bits per heavy atom. The fourth-order valence-corrected chi connectivity index (χ4v) is 0.913. The van der Waals surface area contributed by atoms with Gasteiger partial charge in [-0.2, -0.15) is 0 Å². The molecule has 6 nitrogen and oxygen atoms in total. The fourth-order valence-electron chi connectivity index (χ4n) is 0.913. The van der Waals surface area contributed by atoms with Crippen LogP contribution in [0.2, 0.25) is 0 Å². The Morgan fingerprint density at radius 2 is 1.71 bits per heavy atom. The van der Waals surface area contributed by atoms with Gasteiger partial charge in [-0.25, -0.2) is 9.59 Å². The van der Waals surface area contributed by atoms with Crippen LogP contribution in [0.1, 0.15) is 20.3 Å². The molecule has 0 unspecified atom stereocenters. The maximum atomic E-state index is 10.7. The smallest absolute Gasteiger partial charge is 0.394 e. The third-order valence-electron chi connectivity index (χ3n) is 1.50. The van der Waals surface area contributed by atoms with Gasteiger partial charge in [0, 0.05) is 0 Å². The van der Waals surface area contributed by atoms with Crippen molar-refractivity contribution in [1.29, 1.82) is 0 Å². The van der Waals surface area contributed by atoms with Crippen LogP contribution in [0.5, 0.6) is 0 Å². The molecule has 0 aliphatic carbocycles. The predicted molar refractivity (Wildman–Crippen MR) is 46.7 cm³/mol. The normalized spacial score (nSPS) is 12.2. The van der Waals surface area contributed by atoms with Crippen LogP contribution in [0.3, 0.4) is 0 Å². The number of amides is 1. The molecule has 0 bridgehead atoms. The van der Waals surface area contributed by atoms with Crippen LogP contribution >= 0.6 is 0 Å². The SMILES string of the molecule is CC(C)C[C@H](NC(=O)C(=O)O)C(=O)O. The number of carboxylic acids is 2. The molecule has 6 heteroatoms. The summed E-state index contributed by atoms with van der Waals surface area (Å²) in [6, 6.07) is -1.14. The van der Waals surface area contributed by atoms with E-state index in [-0.39, 0.29) is 12.3 Å². The molecule has 0 aromatic heterocycles. The van der Waals surface area contributed by atoms with Gasteiger partial charge in [0.15, 0.2) is 0 Å². The lowest BCUT2D eigenvalue weighted by Gasteiger charge is -2.14. The highest BCUT2D eigenvalue weighted by Crippen LogP contribution is 2.04. The van der Waals surface area contributed by atoms with Gasteiger partial charge < -0.3 is 15.5 Å². The quantitative estimate of drug-likeness (QED) is 0.543. The third kappa shape index (κ3) is 4.44. The average Bonchev–Trinajstić information content (AvgIpc) is 2.01. The van der Waals surface area contributed by atoms with Crippen molar-refractivity contribution in [2.24, 2.45) is 5.92 Å². The molecule has 0 heterocycles. The zero-order valence-corrected chi connectivity index (χ0v) is 7.98. The van der Waals surface area contributed by atoms with Gasteiger partial charge in [0.05, 0.1) is 0 Å². The lowest BCUT2D eigenvalue weighted by atomic mass is 10.0. The van der Waals surface area contributed by atoms with Crippen LogP contribution in [0.15, 0.2) is 0 Å². The van der Waals surface area contributed by atoms with Crippen LogP contribution in [0.25, 0.3) is 0 Å². The van der Waals surface area contributed by atoms with Gasteiger partial charge in [-0.1, -0.05) is 13.8 Å². The molecule has 0 saturated heterocycles. The summed E-state index contributed by atoms with van der Waals surface area (Å²) in [5, 5.41) is 18.8. The fraction of sp³-hybridized carbons (Fsp3) is 0.625.